The number of nitrogens with one attached hydrogen (secondary N) is 1. The maximum absolute atomic E-state index is 13.1. The van der Waals surface area contributed by atoms with Crippen LogP contribution in [0.4, 0.5) is 4.39 Å². The number of aromatic nitrogens is 1. The molecule has 2 aliphatic carbocycles. The summed E-state index contributed by atoms with van der Waals surface area (Å²) in [5.41, 5.74) is 1.90. The predicted molar refractivity (Wildman–Crippen MR) is 99.0 cm³/mol. The molecule has 144 valence electrons. The van der Waals surface area contributed by atoms with Gasteiger partial charge >= 0.3 is 5.97 Å². The van der Waals surface area contributed by atoms with E-state index in [1.54, 1.807) is 30.6 Å². The van der Waals surface area contributed by atoms with Gasteiger partial charge in [0.2, 0.25) is 5.91 Å². The zero-order chi connectivity index (χ0) is 19.3. The molecule has 0 radical (unpaired) electrons. The zero-order valence-corrected chi connectivity index (χ0v) is 15.4. The van der Waals surface area contributed by atoms with E-state index in [-0.39, 0.29) is 35.6 Å². The van der Waals surface area contributed by atoms with Gasteiger partial charge in [-0.05, 0) is 55.9 Å². The molecule has 28 heavy (non-hydrogen) atoms. The van der Waals surface area contributed by atoms with E-state index in [0.717, 1.165) is 17.5 Å². The molecular weight excluding hydrogens is 359 g/mol. The van der Waals surface area contributed by atoms with Gasteiger partial charge in [0.05, 0.1) is 5.56 Å². The van der Waals surface area contributed by atoms with Crippen molar-refractivity contribution in [1.29, 1.82) is 0 Å². The number of pyridine rings is 1. The van der Waals surface area contributed by atoms with Crippen molar-refractivity contribution in [3.05, 3.63) is 65.2 Å². The third-order valence-corrected chi connectivity index (χ3v) is 6.40. The van der Waals surface area contributed by atoms with Gasteiger partial charge in [0.15, 0.2) is 0 Å². The molecule has 1 aromatic carbocycles. The fourth-order valence-corrected chi connectivity index (χ4v) is 4.67. The molecule has 2 atom stereocenters. The maximum atomic E-state index is 13.1. The van der Waals surface area contributed by atoms with E-state index in [9.17, 15) is 14.0 Å². The third kappa shape index (κ3) is 2.87. The highest BCUT2D eigenvalue weighted by atomic mass is 19.1. The fraction of sp³-hybridized carbons (Fsp3) is 0.409. The molecule has 1 amide bonds. The molecule has 5 nitrogen and oxygen atoms in total. The van der Waals surface area contributed by atoms with Crippen LogP contribution in [0.2, 0.25) is 0 Å². The topological polar surface area (TPSA) is 68.3 Å². The Morgan fingerprint density at radius 3 is 2.68 bits per heavy atom. The molecule has 1 N–H and O–H groups in total. The van der Waals surface area contributed by atoms with Crippen LogP contribution in [0.3, 0.4) is 0 Å². The molecule has 2 fully saturated rings. The van der Waals surface area contributed by atoms with E-state index in [1.165, 1.54) is 12.1 Å². The quantitative estimate of drug-likeness (QED) is 0.828. The van der Waals surface area contributed by atoms with Crippen molar-refractivity contribution in [2.75, 3.05) is 0 Å². The van der Waals surface area contributed by atoms with Crippen LogP contribution in [0.1, 0.15) is 59.5 Å². The van der Waals surface area contributed by atoms with Crippen LogP contribution in [-0.4, -0.2) is 22.9 Å². The van der Waals surface area contributed by atoms with Crippen molar-refractivity contribution in [1.82, 2.24) is 10.3 Å². The highest BCUT2D eigenvalue weighted by Gasteiger charge is 2.49. The van der Waals surface area contributed by atoms with Crippen LogP contribution in [-0.2, 0) is 15.1 Å². The minimum Gasteiger partial charge on any atom is -0.450 e. The number of ether oxygens (including phenoxy) is 1. The Labute approximate surface area is 162 Å². The first-order chi connectivity index (χ1) is 13.6. The standard InChI is InChI=1S/C22H21FN2O3/c23-15-3-1-13(2-4-15)17-11-19(17)25-20(26)14-5-8-22(9-6-14)18-12-24-10-7-16(18)21(27)28-22/h1-4,7,10,12,14,17,19H,5-6,8-9,11H2,(H,25,26). The molecule has 2 heterocycles. The zero-order valence-electron chi connectivity index (χ0n) is 15.4. The Bertz CT molecular complexity index is 935. The number of hydrogen-bond acceptors (Lipinski definition) is 4. The lowest BCUT2D eigenvalue weighted by atomic mass is 9.75. The van der Waals surface area contributed by atoms with Crippen molar-refractivity contribution in [3.63, 3.8) is 0 Å². The van der Waals surface area contributed by atoms with Crippen molar-refractivity contribution in [2.24, 2.45) is 5.92 Å². The molecule has 0 saturated heterocycles. The highest BCUT2D eigenvalue weighted by molar-refractivity contribution is 5.94. The summed E-state index contributed by atoms with van der Waals surface area (Å²) >= 11 is 0. The van der Waals surface area contributed by atoms with E-state index >= 15 is 0 Å². The molecule has 1 aromatic heterocycles. The normalized spacial score (nSPS) is 30.6. The van der Waals surface area contributed by atoms with Crippen LogP contribution in [0, 0.1) is 11.7 Å². The summed E-state index contributed by atoms with van der Waals surface area (Å²) in [6, 6.07) is 8.33. The SMILES string of the molecule is O=C1OC2(CCC(C(=O)NC3CC3c3ccc(F)cc3)CC2)c2cnccc21. The molecule has 1 spiro atoms. The van der Waals surface area contributed by atoms with E-state index < -0.39 is 5.60 Å². The van der Waals surface area contributed by atoms with Gasteiger partial charge in [-0.2, -0.15) is 0 Å². The lowest BCUT2D eigenvalue weighted by molar-refractivity contribution is -0.128. The van der Waals surface area contributed by atoms with Gasteiger partial charge in [0.1, 0.15) is 11.4 Å². The second-order valence-electron chi connectivity index (χ2n) is 8.09. The third-order valence-electron chi connectivity index (χ3n) is 6.40. The summed E-state index contributed by atoms with van der Waals surface area (Å²) in [6.45, 7) is 0. The number of rotatable bonds is 3. The Kier molecular flexibility index (Phi) is 3.96. The summed E-state index contributed by atoms with van der Waals surface area (Å²) in [7, 11) is 0. The monoisotopic (exact) mass is 380 g/mol. The molecule has 0 bridgehead atoms. The summed E-state index contributed by atoms with van der Waals surface area (Å²) in [5.74, 6) is -0.265. The van der Waals surface area contributed by atoms with Crippen molar-refractivity contribution >= 4 is 11.9 Å². The summed E-state index contributed by atoms with van der Waals surface area (Å²) in [6.07, 6.45) is 6.86. The summed E-state index contributed by atoms with van der Waals surface area (Å²) in [5, 5.41) is 3.14. The van der Waals surface area contributed by atoms with Gasteiger partial charge in [-0.1, -0.05) is 12.1 Å². The lowest BCUT2D eigenvalue weighted by Crippen LogP contribution is -2.39. The molecule has 1 aliphatic heterocycles. The molecule has 6 heteroatoms. The van der Waals surface area contributed by atoms with Crippen LogP contribution >= 0.6 is 0 Å². The van der Waals surface area contributed by atoms with Gasteiger partial charge in [-0.25, -0.2) is 9.18 Å². The van der Waals surface area contributed by atoms with Crippen molar-refractivity contribution in [3.8, 4) is 0 Å². The van der Waals surface area contributed by atoms with Gasteiger partial charge in [0, 0.05) is 35.8 Å². The lowest BCUT2D eigenvalue weighted by Gasteiger charge is -2.35. The Morgan fingerprint density at radius 1 is 1.18 bits per heavy atom. The highest BCUT2D eigenvalue weighted by Crippen LogP contribution is 2.48. The first-order valence-corrected chi connectivity index (χ1v) is 9.79. The molecule has 3 aliphatic rings. The smallest absolute Gasteiger partial charge is 0.339 e. The Balaban J connectivity index is 1.20. The Morgan fingerprint density at radius 2 is 1.93 bits per heavy atom. The first-order valence-electron chi connectivity index (χ1n) is 9.79. The van der Waals surface area contributed by atoms with Crippen molar-refractivity contribution < 1.29 is 18.7 Å². The maximum Gasteiger partial charge on any atom is 0.339 e. The van der Waals surface area contributed by atoms with Crippen LogP contribution in [0.5, 0.6) is 0 Å². The molecular formula is C22H21FN2O3. The molecule has 2 aromatic rings. The van der Waals surface area contributed by atoms with Gasteiger partial charge < -0.3 is 10.1 Å². The van der Waals surface area contributed by atoms with E-state index in [1.807, 2.05) is 0 Å². The average Bonchev–Trinajstić information content (AvgIpc) is 3.42. The number of amides is 1. The molecule has 2 saturated carbocycles. The van der Waals surface area contributed by atoms with E-state index in [0.29, 0.717) is 31.2 Å². The first kappa shape index (κ1) is 17.3. The minimum atomic E-state index is -0.617. The number of fused-ring (bicyclic) bond motifs is 2. The predicted octanol–water partition coefficient (Wildman–Crippen LogP) is 3.45. The molecule has 2 unspecified atom stereocenters. The fourth-order valence-electron chi connectivity index (χ4n) is 4.67. The van der Waals surface area contributed by atoms with Crippen molar-refractivity contribution in [2.45, 2.75) is 49.7 Å². The average molecular weight is 380 g/mol. The number of carbonyl (C=O) groups is 2. The second-order valence-corrected chi connectivity index (χ2v) is 8.09. The molecule has 5 rings (SSSR count). The second kappa shape index (κ2) is 6.40. The van der Waals surface area contributed by atoms with Crippen LogP contribution < -0.4 is 5.32 Å². The Hall–Kier alpha value is -2.76. The number of halogens is 1. The van der Waals surface area contributed by atoms with E-state index in [4.69, 9.17) is 4.74 Å². The summed E-state index contributed by atoms with van der Waals surface area (Å²) in [4.78, 5) is 29.0. The summed E-state index contributed by atoms with van der Waals surface area (Å²) < 4.78 is 18.8. The van der Waals surface area contributed by atoms with Gasteiger partial charge in [-0.15, -0.1) is 0 Å². The van der Waals surface area contributed by atoms with E-state index in [2.05, 4.69) is 10.3 Å². The van der Waals surface area contributed by atoms with Crippen LogP contribution in [0.15, 0.2) is 42.7 Å². The largest absolute Gasteiger partial charge is 0.450 e. The van der Waals surface area contributed by atoms with Gasteiger partial charge in [-0.3, -0.25) is 9.78 Å². The number of esters is 1. The van der Waals surface area contributed by atoms with Crippen LogP contribution in [0.25, 0.3) is 0 Å². The number of benzene rings is 1. The number of carbonyl (C=O) groups excluding carboxylic acids is 2. The van der Waals surface area contributed by atoms with Gasteiger partial charge in [0.25, 0.3) is 0 Å². The number of nitrogens with zero attached hydrogens (tertiary/aromatic N) is 1. The number of hydrogen-bond donors (Lipinski definition) is 1. The minimum absolute atomic E-state index is 0.0696.